The molecule has 0 saturated carbocycles. The van der Waals surface area contributed by atoms with E-state index in [0.29, 0.717) is 17.9 Å². The molecular weight excluding hydrogens is 378 g/mol. The molecule has 1 unspecified atom stereocenters. The Morgan fingerprint density at radius 1 is 1.27 bits per heavy atom. The van der Waals surface area contributed by atoms with Crippen LogP contribution in [0.1, 0.15) is 49.4 Å². The highest BCUT2D eigenvalue weighted by atomic mass is 16.5. The van der Waals surface area contributed by atoms with Crippen molar-refractivity contribution in [3.05, 3.63) is 59.3 Å². The maximum atomic E-state index is 11.1. The van der Waals surface area contributed by atoms with Crippen LogP contribution in [0, 0.1) is 12.3 Å². The molecule has 0 amide bonds. The third-order valence-electron chi connectivity index (χ3n) is 5.41. The molecule has 2 heterocycles. The molecule has 2 aromatic carbocycles. The number of fused-ring (bicyclic) bond motifs is 3. The molecule has 0 bridgehead atoms. The molecule has 154 valence electrons. The number of nitrogens with zero attached hydrogens (tertiary/aromatic N) is 1. The number of ether oxygens (including phenoxy) is 2. The summed E-state index contributed by atoms with van der Waals surface area (Å²) in [5.74, 6) is 3.48. The first-order valence-corrected chi connectivity index (χ1v) is 10.2. The Kier molecular flexibility index (Phi) is 5.41. The van der Waals surface area contributed by atoms with Crippen LogP contribution in [0.4, 0.5) is 0 Å². The minimum atomic E-state index is -0.751. The monoisotopic (exact) mass is 403 g/mol. The van der Waals surface area contributed by atoms with E-state index in [9.17, 15) is 4.79 Å². The summed E-state index contributed by atoms with van der Waals surface area (Å²) >= 11 is 0. The zero-order valence-corrected chi connectivity index (χ0v) is 17.2. The standard InChI is InChI=1S/C25H25NO4/c1-4-18-11-17(5-8-24(18)30-16(2)3)15-29-21-6-7-22-20(12-21)13-23-19(14-25(27)28)9-10-26(22)23/h1,5-8,11-13,16,19H,9-10,14-15H2,2-3H3,(H,27,28). The van der Waals surface area contributed by atoms with E-state index in [2.05, 4.69) is 16.6 Å². The van der Waals surface area contributed by atoms with Crippen LogP contribution >= 0.6 is 0 Å². The summed E-state index contributed by atoms with van der Waals surface area (Å²) < 4.78 is 14.0. The SMILES string of the molecule is C#Cc1cc(COc2ccc3c(c2)cc2n3CCC2CC(=O)O)ccc1OC(C)C. The van der Waals surface area contributed by atoms with Gasteiger partial charge in [-0.3, -0.25) is 4.79 Å². The van der Waals surface area contributed by atoms with Gasteiger partial charge in [-0.2, -0.15) is 0 Å². The Balaban J connectivity index is 1.50. The van der Waals surface area contributed by atoms with Crippen molar-refractivity contribution in [2.24, 2.45) is 0 Å². The lowest BCUT2D eigenvalue weighted by Crippen LogP contribution is -2.07. The molecule has 0 spiro atoms. The first kappa shape index (κ1) is 19.9. The van der Waals surface area contributed by atoms with Crippen LogP contribution in [0.25, 0.3) is 10.9 Å². The van der Waals surface area contributed by atoms with Gasteiger partial charge < -0.3 is 19.1 Å². The predicted molar refractivity (Wildman–Crippen MR) is 116 cm³/mol. The van der Waals surface area contributed by atoms with Gasteiger partial charge in [-0.15, -0.1) is 6.42 Å². The summed E-state index contributed by atoms with van der Waals surface area (Å²) in [6.45, 7) is 5.19. The Bertz CT molecular complexity index is 1140. The highest BCUT2D eigenvalue weighted by Crippen LogP contribution is 2.37. The molecule has 1 aliphatic heterocycles. The van der Waals surface area contributed by atoms with E-state index in [1.807, 2.05) is 50.2 Å². The van der Waals surface area contributed by atoms with Gasteiger partial charge in [0, 0.05) is 29.1 Å². The van der Waals surface area contributed by atoms with Crippen molar-refractivity contribution in [3.63, 3.8) is 0 Å². The fourth-order valence-electron chi connectivity index (χ4n) is 4.10. The summed E-state index contributed by atoms with van der Waals surface area (Å²) in [7, 11) is 0. The lowest BCUT2D eigenvalue weighted by Gasteiger charge is -2.13. The van der Waals surface area contributed by atoms with E-state index in [4.69, 9.17) is 21.0 Å². The smallest absolute Gasteiger partial charge is 0.304 e. The predicted octanol–water partition coefficient (Wildman–Crippen LogP) is 4.95. The topological polar surface area (TPSA) is 60.7 Å². The summed E-state index contributed by atoms with van der Waals surface area (Å²) in [6, 6.07) is 13.9. The zero-order chi connectivity index (χ0) is 21.3. The number of rotatable bonds is 7. The number of aliphatic carboxylic acids is 1. The van der Waals surface area contributed by atoms with Crippen molar-refractivity contribution in [1.82, 2.24) is 4.57 Å². The molecule has 5 heteroatoms. The molecular formula is C25H25NO4. The van der Waals surface area contributed by atoms with Crippen LogP contribution < -0.4 is 9.47 Å². The largest absolute Gasteiger partial charge is 0.490 e. The van der Waals surface area contributed by atoms with Crippen molar-refractivity contribution < 1.29 is 19.4 Å². The minimum absolute atomic E-state index is 0.0602. The fourth-order valence-corrected chi connectivity index (χ4v) is 4.10. The summed E-state index contributed by atoms with van der Waals surface area (Å²) in [4.78, 5) is 11.1. The van der Waals surface area contributed by atoms with E-state index < -0.39 is 5.97 Å². The van der Waals surface area contributed by atoms with Crippen LogP contribution in [-0.4, -0.2) is 21.7 Å². The fraction of sp³-hybridized carbons (Fsp3) is 0.320. The lowest BCUT2D eigenvalue weighted by atomic mass is 10.0. The van der Waals surface area contributed by atoms with Crippen molar-refractivity contribution >= 4 is 16.9 Å². The second-order valence-electron chi connectivity index (χ2n) is 7.96. The average Bonchev–Trinajstić information content (AvgIpc) is 3.25. The Morgan fingerprint density at radius 3 is 2.83 bits per heavy atom. The summed E-state index contributed by atoms with van der Waals surface area (Å²) in [5.41, 5.74) is 3.91. The van der Waals surface area contributed by atoms with Crippen LogP contribution in [-0.2, 0) is 17.9 Å². The van der Waals surface area contributed by atoms with Gasteiger partial charge in [0.2, 0.25) is 0 Å². The van der Waals surface area contributed by atoms with Crippen LogP contribution in [0.15, 0.2) is 42.5 Å². The molecule has 0 saturated heterocycles. The minimum Gasteiger partial charge on any atom is -0.490 e. The molecule has 0 aliphatic carbocycles. The third kappa shape index (κ3) is 3.99. The average molecular weight is 403 g/mol. The van der Waals surface area contributed by atoms with Crippen molar-refractivity contribution in [2.75, 3.05) is 0 Å². The Labute approximate surface area is 176 Å². The van der Waals surface area contributed by atoms with Crippen LogP contribution in [0.2, 0.25) is 0 Å². The summed E-state index contributed by atoms with van der Waals surface area (Å²) in [5, 5.41) is 10.2. The van der Waals surface area contributed by atoms with Crippen LogP contribution in [0.5, 0.6) is 11.5 Å². The molecule has 1 aromatic heterocycles. The highest BCUT2D eigenvalue weighted by molar-refractivity contribution is 5.83. The van der Waals surface area contributed by atoms with Crippen molar-refractivity contribution in [2.45, 2.75) is 51.9 Å². The second kappa shape index (κ2) is 8.16. The Hall–Kier alpha value is -3.39. The number of hydrogen-bond donors (Lipinski definition) is 1. The van der Waals surface area contributed by atoms with E-state index in [0.717, 1.165) is 40.9 Å². The second-order valence-corrected chi connectivity index (χ2v) is 7.96. The molecule has 0 fully saturated rings. The maximum Gasteiger partial charge on any atom is 0.304 e. The van der Waals surface area contributed by atoms with Gasteiger partial charge in [0.25, 0.3) is 0 Å². The van der Waals surface area contributed by atoms with E-state index >= 15 is 0 Å². The summed E-state index contributed by atoms with van der Waals surface area (Å²) in [6.07, 6.45) is 6.74. The number of aryl methyl sites for hydroxylation is 1. The van der Waals surface area contributed by atoms with Crippen molar-refractivity contribution in [3.8, 4) is 23.8 Å². The van der Waals surface area contributed by atoms with Gasteiger partial charge in [0.1, 0.15) is 18.1 Å². The first-order valence-electron chi connectivity index (χ1n) is 10.2. The number of carboxylic acid groups (broad SMARTS) is 1. The Morgan fingerprint density at radius 2 is 2.10 bits per heavy atom. The van der Waals surface area contributed by atoms with E-state index in [-0.39, 0.29) is 18.4 Å². The van der Waals surface area contributed by atoms with Gasteiger partial charge >= 0.3 is 5.97 Å². The van der Waals surface area contributed by atoms with Gasteiger partial charge in [-0.25, -0.2) is 0 Å². The van der Waals surface area contributed by atoms with Crippen molar-refractivity contribution in [1.29, 1.82) is 0 Å². The zero-order valence-electron chi connectivity index (χ0n) is 17.2. The van der Waals surface area contributed by atoms with Gasteiger partial charge in [0.15, 0.2) is 0 Å². The maximum absolute atomic E-state index is 11.1. The molecule has 0 radical (unpaired) electrons. The number of carboxylic acids is 1. The number of terminal acetylenes is 1. The third-order valence-corrected chi connectivity index (χ3v) is 5.41. The lowest BCUT2D eigenvalue weighted by molar-refractivity contribution is -0.137. The molecule has 30 heavy (non-hydrogen) atoms. The van der Waals surface area contributed by atoms with Gasteiger partial charge in [-0.05, 0) is 62.2 Å². The number of aromatic nitrogens is 1. The van der Waals surface area contributed by atoms with E-state index in [1.54, 1.807) is 0 Å². The molecule has 5 nitrogen and oxygen atoms in total. The number of hydrogen-bond acceptors (Lipinski definition) is 3. The molecule has 1 N–H and O–H groups in total. The molecule has 1 atom stereocenters. The normalized spacial score (nSPS) is 15.2. The molecule has 3 aromatic rings. The first-order chi connectivity index (χ1) is 14.4. The highest BCUT2D eigenvalue weighted by Gasteiger charge is 2.26. The van der Waals surface area contributed by atoms with E-state index in [1.165, 1.54) is 0 Å². The number of carbonyl (C=O) groups is 1. The van der Waals surface area contributed by atoms with Gasteiger partial charge in [-0.1, -0.05) is 12.0 Å². The number of benzene rings is 2. The quantitative estimate of drug-likeness (QED) is 0.567. The van der Waals surface area contributed by atoms with Gasteiger partial charge in [0.05, 0.1) is 18.1 Å². The van der Waals surface area contributed by atoms with Crippen LogP contribution in [0.3, 0.4) is 0 Å². The molecule has 4 rings (SSSR count). The molecule has 1 aliphatic rings.